The minimum Gasteiger partial charge on any atom is -0.377 e. The van der Waals surface area contributed by atoms with E-state index in [1.807, 2.05) is 0 Å². The molecule has 0 aliphatic heterocycles. The van der Waals surface area contributed by atoms with Crippen LogP contribution in [-0.4, -0.2) is 30.1 Å². The summed E-state index contributed by atoms with van der Waals surface area (Å²) in [7, 11) is 2.75. The summed E-state index contributed by atoms with van der Waals surface area (Å²) in [5.41, 5.74) is 1.43. The molecule has 3 nitrogen and oxygen atoms in total. The molecule has 0 fully saturated rings. The largest absolute Gasteiger partial charge is 4.00 e. The van der Waals surface area contributed by atoms with Gasteiger partial charge in [-0.15, -0.1) is 6.42 Å². The van der Waals surface area contributed by atoms with Gasteiger partial charge in [0.1, 0.15) is 0 Å². The molecule has 0 bridgehead atoms. The average Bonchev–Trinajstić information content (AvgIpc) is 3.13. The molecule has 0 spiro atoms. The Morgan fingerprint density at radius 1 is 0.750 bits per heavy atom. The Morgan fingerprint density at radius 3 is 1.57 bits per heavy atom. The zero-order valence-electron chi connectivity index (χ0n) is 19.4. The third-order valence-electron chi connectivity index (χ3n) is 4.88. The molecule has 0 heterocycles. The minimum absolute atomic E-state index is 0. The van der Waals surface area contributed by atoms with Gasteiger partial charge in [-0.2, -0.15) is 6.08 Å². The van der Waals surface area contributed by atoms with Crippen LogP contribution in [-0.2, 0) is 34.3 Å². The van der Waals surface area contributed by atoms with Crippen molar-refractivity contribution in [2.45, 2.75) is 83.1 Å². The van der Waals surface area contributed by atoms with Crippen LogP contribution < -0.4 is 0 Å². The Bertz CT molecular complexity index is 361. The van der Waals surface area contributed by atoms with Crippen molar-refractivity contribution in [3.8, 4) is 0 Å². The predicted molar refractivity (Wildman–Crippen MR) is 122 cm³/mol. The van der Waals surface area contributed by atoms with Crippen LogP contribution in [0.3, 0.4) is 0 Å². The van der Waals surface area contributed by atoms with Crippen molar-refractivity contribution >= 4 is 8.80 Å². The summed E-state index contributed by atoms with van der Waals surface area (Å²) in [6, 6.07) is 0.930. The second-order valence-corrected chi connectivity index (χ2v) is 9.73. The molecule has 5 heteroatoms. The molecule has 0 radical (unpaired) electrons. The van der Waals surface area contributed by atoms with Crippen LogP contribution in [0.2, 0.25) is 6.04 Å². The average molecular weight is 594 g/mol. The van der Waals surface area contributed by atoms with Crippen LogP contribution in [0.1, 0.15) is 77.0 Å². The van der Waals surface area contributed by atoms with E-state index >= 15 is 0 Å². The summed E-state index contributed by atoms with van der Waals surface area (Å²) in [5, 5.41) is 0. The number of allylic oxidation sites excluding steroid dienone is 4. The molecule has 28 heavy (non-hydrogen) atoms. The van der Waals surface area contributed by atoms with Gasteiger partial charge >= 0.3 is 29.9 Å². The molecular formula is C23H46O3PtSi. The molecule has 0 saturated carbocycles. The van der Waals surface area contributed by atoms with E-state index in [0.29, 0.717) is 0 Å². The molecule has 0 amide bonds. The van der Waals surface area contributed by atoms with Gasteiger partial charge in [0.15, 0.2) is 0 Å². The molecule has 0 N–H and O–H groups in total. The van der Waals surface area contributed by atoms with Crippen molar-refractivity contribution in [1.29, 1.82) is 0 Å². The first-order valence-electron chi connectivity index (χ1n) is 9.68. The van der Waals surface area contributed by atoms with Gasteiger partial charge in [-0.25, -0.2) is 11.6 Å². The Labute approximate surface area is 193 Å². The monoisotopic (exact) mass is 593 g/mol. The number of rotatable bonds is 16. The first kappa shape index (κ1) is 35.7. The number of unbranched alkanes of at least 4 members (excludes halogenated alkanes) is 9. The molecule has 0 atom stereocenters. The topological polar surface area (TPSA) is 27.7 Å². The summed E-state index contributed by atoms with van der Waals surface area (Å²) in [5.74, 6) is 0. The summed E-state index contributed by atoms with van der Waals surface area (Å²) in [4.78, 5) is 0. The number of hydrogen-bond acceptors (Lipinski definition) is 3. The molecule has 1 rings (SSSR count). The van der Waals surface area contributed by atoms with E-state index in [2.05, 4.69) is 18.2 Å². The van der Waals surface area contributed by atoms with Gasteiger partial charge in [-0.3, -0.25) is 6.08 Å². The molecule has 0 saturated heterocycles. The van der Waals surface area contributed by atoms with Gasteiger partial charge in [-0.1, -0.05) is 64.2 Å². The van der Waals surface area contributed by atoms with Crippen molar-refractivity contribution in [2.75, 3.05) is 21.3 Å². The molecule has 0 aromatic rings. The summed E-state index contributed by atoms with van der Waals surface area (Å²) in [6.45, 7) is 0. The van der Waals surface area contributed by atoms with E-state index in [1.54, 1.807) is 21.3 Å². The van der Waals surface area contributed by atoms with Crippen LogP contribution in [0.5, 0.6) is 0 Å². The summed E-state index contributed by atoms with van der Waals surface area (Å²) < 4.78 is 16.3. The van der Waals surface area contributed by atoms with E-state index < -0.39 is 8.80 Å². The molecule has 1 aliphatic rings. The summed E-state index contributed by atoms with van der Waals surface area (Å²) in [6.07, 6.45) is 23.4. The Balaban J connectivity index is -0.000000720. The first-order valence-corrected chi connectivity index (χ1v) is 11.6. The quantitative estimate of drug-likeness (QED) is 0.108. The molecule has 0 aromatic carbocycles. The zero-order valence-corrected chi connectivity index (χ0v) is 22.7. The van der Waals surface area contributed by atoms with Crippen molar-refractivity contribution < 1.29 is 34.3 Å². The van der Waals surface area contributed by atoms with Gasteiger partial charge in [0, 0.05) is 27.4 Å². The van der Waals surface area contributed by atoms with Crippen LogP contribution in [0.15, 0.2) is 17.7 Å². The Hall–Kier alpha value is 0.265. The van der Waals surface area contributed by atoms with Gasteiger partial charge < -0.3 is 35.6 Å². The van der Waals surface area contributed by atoms with E-state index in [1.165, 1.54) is 69.8 Å². The maximum Gasteiger partial charge on any atom is 4.00 e. The fourth-order valence-electron chi connectivity index (χ4n) is 3.25. The third kappa shape index (κ3) is 16.1. The summed E-state index contributed by atoms with van der Waals surface area (Å²) >= 11 is 0. The van der Waals surface area contributed by atoms with Gasteiger partial charge in [0.2, 0.25) is 0 Å². The number of hydrogen-bond donors (Lipinski definition) is 0. The van der Waals surface area contributed by atoms with Crippen molar-refractivity contribution in [2.24, 2.45) is 0 Å². The first-order chi connectivity index (χ1) is 11.8. The standard InChI is InChI=1S/C20H37O3Si.3CH3.Pt/c1-21-24(22-2,23-3)19-15-11-9-7-5-4-6-8-10-12-16-20-17-13-14-18-20;;;;/h13,17H,4-12,14-16,19H2,1-3H3;3*1H3;/q4*-1;+4. The SMILES string of the molecule is CO[Si](CCCCCCCCCCCCC1=[C-]CC=C1)(OC)OC.[CH3-].[CH3-].[CH3-].[Pt+4]. The van der Waals surface area contributed by atoms with Crippen LogP contribution in [0.25, 0.3) is 0 Å². The van der Waals surface area contributed by atoms with Crippen molar-refractivity contribution in [3.05, 3.63) is 46.1 Å². The van der Waals surface area contributed by atoms with Crippen LogP contribution in [0, 0.1) is 28.4 Å². The van der Waals surface area contributed by atoms with E-state index in [0.717, 1.165) is 18.9 Å². The minimum atomic E-state index is -2.33. The van der Waals surface area contributed by atoms with E-state index in [4.69, 9.17) is 13.3 Å². The second kappa shape index (κ2) is 23.5. The maximum absolute atomic E-state index is 5.45. The fraction of sp³-hybridized carbons (Fsp3) is 0.696. The van der Waals surface area contributed by atoms with Crippen molar-refractivity contribution in [1.82, 2.24) is 0 Å². The molecule has 1 aliphatic carbocycles. The second-order valence-electron chi connectivity index (χ2n) is 6.64. The van der Waals surface area contributed by atoms with Crippen molar-refractivity contribution in [3.63, 3.8) is 0 Å². The van der Waals surface area contributed by atoms with Gasteiger partial charge in [0.05, 0.1) is 0 Å². The van der Waals surface area contributed by atoms with E-state index in [9.17, 15) is 0 Å². The van der Waals surface area contributed by atoms with Gasteiger partial charge in [0.25, 0.3) is 0 Å². The zero-order chi connectivity index (χ0) is 17.5. The molecule has 0 aromatic heterocycles. The molecule has 0 unspecified atom stereocenters. The van der Waals surface area contributed by atoms with Crippen LogP contribution in [0.4, 0.5) is 0 Å². The molecular weight excluding hydrogens is 547 g/mol. The van der Waals surface area contributed by atoms with Crippen LogP contribution >= 0.6 is 0 Å². The normalized spacial score (nSPS) is 12.3. The maximum atomic E-state index is 5.45. The van der Waals surface area contributed by atoms with E-state index in [-0.39, 0.29) is 43.3 Å². The third-order valence-corrected chi connectivity index (χ3v) is 7.71. The Kier molecular flexibility index (Phi) is 30.0. The molecule has 170 valence electrons. The Morgan fingerprint density at radius 2 is 1.18 bits per heavy atom. The fourth-order valence-corrected chi connectivity index (χ4v) is 5.04. The predicted octanol–water partition coefficient (Wildman–Crippen LogP) is 7.19. The van der Waals surface area contributed by atoms with Gasteiger partial charge in [-0.05, 0) is 6.42 Å². The smallest absolute Gasteiger partial charge is 0.377 e.